The third-order valence-corrected chi connectivity index (χ3v) is 4.64. The van der Waals surface area contributed by atoms with Gasteiger partial charge in [0.25, 0.3) is 0 Å². The lowest BCUT2D eigenvalue weighted by Crippen LogP contribution is -2.18. The predicted molar refractivity (Wildman–Crippen MR) is 94.7 cm³/mol. The maximum Gasteiger partial charge on any atom is 0.165 e. The summed E-state index contributed by atoms with van der Waals surface area (Å²) in [6, 6.07) is 12.9. The van der Waals surface area contributed by atoms with Gasteiger partial charge in [-0.05, 0) is 41.9 Å². The molecule has 0 aliphatic carbocycles. The SMILES string of the molecule is CN1CCC(Oc2ccccc2F)c2ccc(-c3cn[nH]c3)cc2C1. The number of nitrogens with one attached hydrogen (secondary N) is 1. The Balaban J connectivity index is 1.70. The standard InChI is InChI=1S/C20H20FN3O/c1-24-9-8-19(25-20-5-3-2-4-18(20)21)17-7-6-14(10-15(17)13-24)16-11-22-23-12-16/h2-7,10-12,19H,8-9,13H2,1H3,(H,22,23). The van der Waals surface area contributed by atoms with E-state index in [2.05, 4.69) is 40.3 Å². The van der Waals surface area contributed by atoms with Gasteiger partial charge in [-0.1, -0.05) is 24.3 Å². The van der Waals surface area contributed by atoms with Crippen molar-refractivity contribution < 1.29 is 9.13 Å². The number of para-hydroxylation sites is 1. The fourth-order valence-electron chi connectivity index (χ4n) is 3.32. The summed E-state index contributed by atoms with van der Waals surface area (Å²) in [6.07, 6.45) is 4.36. The average Bonchev–Trinajstić information content (AvgIpc) is 3.10. The molecule has 2 heterocycles. The normalized spacial score (nSPS) is 17.8. The summed E-state index contributed by atoms with van der Waals surface area (Å²) < 4.78 is 20.1. The highest BCUT2D eigenvalue weighted by molar-refractivity contribution is 5.63. The van der Waals surface area contributed by atoms with E-state index in [1.807, 2.05) is 12.4 Å². The fraction of sp³-hybridized carbons (Fsp3) is 0.250. The topological polar surface area (TPSA) is 41.1 Å². The van der Waals surface area contributed by atoms with Crippen LogP contribution in [0.15, 0.2) is 54.9 Å². The lowest BCUT2D eigenvalue weighted by molar-refractivity contribution is 0.175. The van der Waals surface area contributed by atoms with E-state index in [4.69, 9.17) is 4.74 Å². The van der Waals surface area contributed by atoms with E-state index < -0.39 is 0 Å². The number of H-pyrrole nitrogens is 1. The zero-order valence-corrected chi connectivity index (χ0v) is 14.1. The second-order valence-corrected chi connectivity index (χ2v) is 6.46. The van der Waals surface area contributed by atoms with E-state index in [-0.39, 0.29) is 11.9 Å². The minimum atomic E-state index is -0.323. The van der Waals surface area contributed by atoms with Crippen molar-refractivity contribution in [2.45, 2.75) is 19.1 Å². The monoisotopic (exact) mass is 337 g/mol. The zero-order chi connectivity index (χ0) is 17.2. The number of hydrogen-bond donors (Lipinski definition) is 1. The molecule has 1 unspecified atom stereocenters. The van der Waals surface area contributed by atoms with E-state index in [1.54, 1.807) is 18.2 Å². The summed E-state index contributed by atoms with van der Waals surface area (Å²) in [7, 11) is 2.10. The number of halogens is 1. The van der Waals surface area contributed by atoms with Crippen LogP contribution >= 0.6 is 0 Å². The first-order valence-electron chi connectivity index (χ1n) is 8.42. The van der Waals surface area contributed by atoms with Crippen molar-refractivity contribution in [1.29, 1.82) is 0 Å². The first kappa shape index (κ1) is 15.8. The molecule has 25 heavy (non-hydrogen) atoms. The molecule has 1 aliphatic rings. The van der Waals surface area contributed by atoms with Gasteiger partial charge in [-0.3, -0.25) is 5.10 Å². The maximum absolute atomic E-state index is 14.0. The third-order valence-electron chi connectivity index (χ3n) is 4.64. The molecule has 1 N–H and O–H groups in total. The Labute approximate surface area is 146 Å². The number of hydrogen-bond acceptors (Lipinski definition) is 3. The van der Waals surface area contributed by atoms with Crippen molar-refractivity contribution in [3.63, 3.8) is 0 Å². The highest BCUT2D eigenvalue weighted by atomic mass is 19.1. The molecule has 0 fully saturated rings. The number of benzene rings is 2. The van der Waals surface area contributed by atoms with Crippen LogP contribution < -0.4 is 4.74 Å². The number of nitrogens with zero attached hydrogens (tertiary/aromatic N) is 2. The van der Waals surface area contributed by atoms with Gasteiger partial charge in [0.2, 0.25) is 0 Å². The van der Waals surface area contributed by atoms with Crippen LogP contribution in [0, 0.1) is 5.82 Å². The molecule has 0 saturated carbocycles. The first-order valence-corrected chi connectivity index (χ1v) is 8.42. The molecule has 1 aromatic heterocycles. The van der Waals surface area contributed by atoms with Gasteiger partial charge in [0.15, 0.2) is 11.6 Å². The summed E-state index contributed by atoms with van der Waals surface area (Å²) in [4.78, 5) is 2.27. The predicted octanol–water partition coefficient (Wildman–Crippen LogP) is 4.17. The second kappa shape index (κ2) is 6.69. The minimum absolute atomic E-state index is 0.157. The molecule has 4 rings (SSSR count). The first-order chi connectivity index (χ1) is 12.2. The molecule has 3 aromatic rings. The van der Waals surface area contributed by atoms with E-state index in [9.17, 15) is 4.39 Å². The highest BCUT2D eigenvalue weighted by Gasteiger charge is 2.23. The van der Waals surface area contributed by atoms with E-state index in [1.165, 1.54) is 11.6 Å². The summed E-state index contributed by atoms with van der Waals surface area (Å²) in [5, 5.41) is 6.87. The maximum atomic E-state index is 14.0. The van der Waals surface area contributed by atoms with Gasteiger partial charge in [0.1, 0.15) is 6.10 Å². The molecule has 4 nitrogen and oxygen atoms in total. The molecule has 0 amide bonds. The lowest BCUT2D eigenvalue weighted by atomic mass is 9.97. The molecular weight excluding hydrogens is 317 g/mol. The number of aromatic nitrogens is 2. The van der Waals surface area contributed by atoms with Crippen molar-refractivity contribution in [3.8, 4) is 16.9 Å². The van der Waals surface area contributed by atoms with Crippen molar-refractivity contribution in [2.24, 2.45) is 0 Å². The molecule has 1 atom stereocenters. The van der Waals surface area contributed by atoms with Gasteiger partial charge in [0, 0.05) is 31.3 Å². The van der Waals surface area contributed by atoms with Crippen molar-refractivity contribution in [3.05, 3.63) is 71.8 Å². The van der Waals surface area contributed by atoms with Gasteiger partial charge in [-0.2, -0.15) is 5.10 Å². The van der Waals surface area contributed by atoms with Crippen LogP contribution in [-0.4, -0.2) is 28.7 Å². The van der Waals surface area contributed by atoms with Crippen LogP contribution in [0.1, 0.15) is 23.7 Å². The summed E-state index contributed by atoms with van der Waals surface area (Å²) >= 11 is 0. The molecule has 1 aliphatic heterocycles. The van der Waals surface area contributed by atoms with Crippen molar-refractivity contribution in [1.82, 2.24) is 15.1 Å². The largest absolute Gasteiger partial charge is 0.483 e. The van der Waals surface area contributed by atoms with E-state index in [0.717, 1.165) is 36.2 Å². The van der Waals surface area contributed by atoms with Gasteiger partial charge < -0.3 is 9.64 Å². The van der Waals surface area contributed by atoms with Crippen LogP contribution in [0.3, 0.4) is 0 Å². The van der Waals surface area contributed by atoms with E-state index >= 15 is 0 Å². The summed E-state index contributed by atoms with van der Waals surface area (Å²) in [5.74, 6) is -0.0152. The highest BCUT2D eigenvalue weighted by Crippen LogP contribution is 2.34. The second-order valence-electron chi connectivity index (χ2n) is 6.46. The minimum Gasteiger partial charge on any atom is -0.483 e. The molecule has 0 saturated heterocycles. The lowest BCUT2D eigenvalue weighted by Gasteiger charge is -2.20. The molecule has 128 valence electrons. The number of rotatable bonds is 3. The van der Waals surface area contributed by atoms with Crippen LogP contribution in [0.4, 0.5) is 4.39 Å². The van der Waals surface area contributed by atoms with E-state index in [0.29, 0.717) is 5.75 Å². The molecule has 0 bridgehead atoms. The summed E-state index contributed by atoms with van der Waals surface area (Å²) in [5.41, 5.74) is 4.51. The fourth-order valence-corrected chi connectivity index (χ4v) is 3.32. The van der Waals surface area contributed by atoms with Crippen molar-refractivity contribution in [2.75, 3.05) is 13.6 Å². The quantitative estimate of drug-likeness (QED) is 0.780. The Morgan fingerprint density at radius 3 is 2.88 bits per heavy atom. The Morgan fingerprint density at radius 1 is 1.20 bits per heavy atom. The van der Waals surface area contributed by atoms with Crippen molar-refractivity contribution >= 4 is 0 Å². The molecule has 2 aromatic carbocycles. The molecule has 0 radical (unpaired) electrons. The van der Waals surface area contributed by atoms with Gasteiger partial charge in [-0.25, -0.2) is 4.39 Å². The number of fused-ring (bicyclic) bond motifs is 1. The van der Waals surface area contributed by atoms with Crippen LogP contribution in [0.5, 0.6) is 5.75 Å². The number of ether oxygens (including phenoxy) is 1. The zero-order valence-electron chi connectivity index (χ0n) is 14.1. The average molecular weight is 337 g/mol. The third kappa shape index (κ3) is 3.28. The molecule has 5 heteroatoms. The Bertz CT molecular complexity index is 863. The Hall–Kier alpha value is -2.66. The van der Waals surface area contributed by atoms with Crippen LogP contribution in [0.2, 0.25) is 0 Å². The smallest absolute Gasteiger partial charge is 0.165 e. The van der Waals surface area contributed by atoms with Gasteiger partial charge >= 0.3 is 0 Å². The molecule has 0 spiro atoms. The Morgan fingerprint density at radius 2 is 2.08 bits per heavy atom. The molecular formula is C20H20FN3O. The van der Waals surface area contributed by atoms with Crippen LogP contribution in [0.25, 0.3) is 11.1 Å². The summed E-state index contributed by atoms with van der Waals surface area (Å²) in [6.45, 7) is 1.74. The van der Waals surface area contributed by atoms with Gasteiger partial charge in [-0.15, -0.1) is 0 Å². The van der Waals surface area contributed by atoms with Crippen LogP contribution in [-0.2, 0) is 6.54 Å². The Kier molecular flexibility index (Phi) is 4.24. The number of aromatic amines is 1. The van der Waals surface area contributed by atoms with Gasteiger partial charge in [0.05, 0.1) is 6.20 Å².